The highest BCUT2D eigenvalue weighted by molar-refractivity contribution is 5.96. The van der Waals surface area contributed by atoms with Gasteiger partial charge in [-0.2, -0.15) is 5.10 Å². The minimum Gasteiger partial charge on any atom is -0.352 e. The van der Waals surface area contributed by atoms with E-state index in [0.29, 0.717) is 12.1 Å². The lowest BCUT2D eigenvalue weighted by atomic mass is 10.0. The largest absolute Gasteiger partial charge is 0.352 e. The Bertz CT molecular complexity index is 739. The van der Waals surface area contributed by atoms with E-state index in [2.05, 4.69) is 41.1 Å². The number of unbranched alkanes of at least 4 members (excludes halogenated alkanes) is 1. The second kappa shape index (κ2) is 8.62. The SMILES string of the molecule is CC(C)n1ncc2cc(C(=O)NCCCCN3CCC[C@H](C)C3)cnc21. The third-order valence-corrected chi connectivity index (χ3v) is 5.11. The fourth-order valence-electron chi connectivity index (χ4n) is 3.70. The number of likely N-dealkylation sites (tertiary alicyclic amines) is 1. The Balaban J connectivity index is 1.44. The molecule has 0 saturated carbocycles. The number of pyridine rings is 1. The molecule has 1 amide bonds. The molecule has 0 aliphatic carbocycles. The molecule has 1 aliphatic heterocycles. The smallest absolute Gasteiger partial charge is 0.252 e. The molecule has 26 heavy (non-hydrogen) atoms. The van der Waals surface area contributed by atoms with Crippen molar-refractivity contribution in [2.24, 2.45) is 5.92 Å². The summed E-state index contributed by atoms with van der Waals surface area (Å²) in [5, 5.41) is 8.27. The lowest BCUT2D eigenvalue weighted by Crippen LogP contribution is -2.35. The molecule has 1 saturated heterocycles. The van der Waals surface area contributed by atoms with Crippen molar-refractivity contribution < 1.29 is 4.79 Å². The van der Waals surface area contributed by atoms with Gasteiger partial charge in [0.15, 0.2) is 5.65 Å². The Morgan fingerprint density at radius 2 is 2.19 bits per heavy atom. The Morgan fingerprint density at radius 3 is 2.96 bits per heavy atom. The van der Waals surface area contributed by atoms with Crippen LogP contribution in [0.1, 0.15) is 62.9 Å². The van der Waals surface area contributed by atoms with Gasteiger partial charge in [-0.1, -0.05) is 6.92 Å². The van der Waals surface area contributed by atoms with Gasteiger partial charge in [0.1, 0.15) is 0 Å². The molecule has 3 rings (SSSR count). The number of aromatic nitrogens is 3. The second-order valence-corrected chi connectivity index (χ2v) is 7.83. The van der Waals surface area contributed by atoms with E-state index in [9.17, 15) is 4.79 Å². The van der Waals surface area contributed by atoms with Crippen LogP contribution in [-0.2, 0) is 0 Å². The molecular formula is C20H31N5O. The van der Waals surface area contributed by atoms with Crippen molar-refractivity contribution in [2.75, 3.05) is 26.2 Å². The Kier molecular flexibility index (Phi) is 6.25. The van der Waals surface area contributed by atoms with E-state index in [4.69, 9.17) is 0 Å². The molecule has 1 aliphatic rings. The second-order valence-electron chi connectivity index (χ2n) is 7.83. The quantitative estimate of drug-likeness (QED) is 0.773. The molecule has 0 spiro atoms. The van der Waals surface area contributed by atoms with Gasteiger partial charge < -0.3 is 10.2 Å². The molecule has 0 radical (unpaired) electrons. The summed E-state index contributed by atoms with van der Waals surface area (Å²) >= 11 is 0. The summed E-state index contributed by atoms with van der Waals surface area (Å²) in [5.41, 5.74) is 1.43. The standard InChI is InChI=1S/C20H31N5O/c1-15(2)25-19-17(13-23-25)11-18(12-22-19)20(26)21-8-4-5-9-24-10-6-7-16(3)14-24/h11-13,15-16H,4-10,14H2,1-3H3,(H,21,26)/t16-/m0/s1. The predicted octanol–water partition coefficient (Wildman–Crippen LogP) is 3.25. The number of amides is 1. The Labute approximate surface area is 156 Å². The molecule has 6 heteroatoms. The highest BCUT2D eigenvalue weighted by Crippen LogP contribution is 2.17. The maximum absolute atomic E-state index is 12.3. The normalized spacial score (nSPS) is 18.5. The zero-order chi connectivity index (χ0) is 18.5. The zero-order valence-electron chi connectivity index (χ0n) is 16.2. The summed E-state index contributed by atoms with van der Waals surface area (Å²) in [7, 11) is 0. The van der Waals surface area contributed by atoms with Crippen molar-refractivity contribution in [1.29, 1.82) is 0 Å². The summed E-state index contributed by atoms with van der Waals surface area (Å²) < 4.78 is 1.87. The minimum atomic E-state index is -0.0525. The van der Waals surface area contributed by atoms with Gasteiger partial charge in [-0.25, -0.2) is 9.67 Å². The number of carbonyl (C=O) groups is 1. The number of fused-ring (bicyclic) bond motifs is 1. The Hall–Kier alpha value is -1.95. The first-order valence-electron chi connectivity index (χ1n) is 9.88. The fourth-order valence-corrected chi connectivity index (χ4v) is 3.70. The molecule has 0 aromatic carbocycles. The molecule has 6 nitrogen and oxygen atoms in total. The summed E-state index contributed by atoms with van der Waals surface area (Å²) in [6.45, 7) is 10.8. The van der Waals surface area contributed by atoms with Crippen molar-refractivity contribution in [3.05, 3.63) is 24.0 Å². The van der Waals surface area contributed by atoms with Crippen LogP contribution in [0.15, 0.2) is 18.5 Å². The van der Waals surface area contributed by atoms with Gasteiger partial charge in [0.25, 0.3) is 5.91 Å². The Morgan fingerprint density at radius 1 is 1.35 bits per heavy atom. The highest BCUT2D eigenvalue weighted by atomic mass is 16.1. The number of piperidine rings is 1. The molecule has 0 bridgehead atoms. The summed E-state index contributed by atoms with van der Waals surface area (Å²) in [4.78, 5) is 19.3. The minimum absolute atomic E-state index is 0.0525. The van der Waals surface area contributed by atoms with Crippen LogP contribution in [0.5, 0.6) is 0 Å². The maximum atomic E-state index is 12.3. The van der Waals surface area contributed by atoms with Crippen LogP contribution >= 0.6 is 0 Å². The van der Waals surface area contributed by atoms with Gasteiger partial charge in [0.2, 0.25) is 0 Å². The molecule has 1 atom stereocenters. The maximum Gasteiger partial charge on any atom is 0.252 e. The number of nitrogens with zero attached hydrogens (tertiary/aromatic N) is 4. The van der Waals surface area contributed by atoms with Crippen LogP contribution in [0.4, 0.5) is 0 Å². The first kappa shape index (κ1) is 18.8. The van der Waals surface area contributed by atoms with E-state index in [1.165, 1.54) is 25.9 Å². The van der Waals surface area contributed by atoms with Gasteiger partial charge in [0, 0.05) is 30.7 Å². The lowest BCUT2D eigenvalue weighted by Gasteiger charge is -2.30. The van der Waals surface area contributed by atoms with Crippen LogP contribution in [0, 0.1) is 5.92 Å². The van der Waals surface area contributed by atoms with E-state index in [0.717, 1.165) is 36.3 Å². The van der Waals surface area contributed by atoms with Crippen molar-refractivity contribution in [3.63, 3.8) is 0 Å². The van der Waals surface area contributed by atoms with Gasteiger partial charge >= 0.3 is 0 Å². The van der Waals surface area contributed by atoms with E-state index in [1.54, 1.807) is 12.4 Å². The van der Waals surface area contributed by atoms with Crippen molar-refractivity contribution in [1.82, 2.24) is 25.0 Å². The molecule has 1 N–H and O–H groups in total. The molecule has 142 valence electrons. The molecule has 2 aromatic heterocycles. The van der Waals surface area contributed by atoms with Crippen LogP contribution in [0.3, 0.4) is 0 Å². The highest BCUT2D eigenvalue weighted by Gasteiger charge is 2.15. The monoisotopic (exact) mass is 357 g/mol. The van der Waals surface area contributed by atoms with Crippen LogP contribution in [-0.4, -0.2) is 51.8 Å². The number of hydrogen-bond donors (Lipinski definition) is 1. The lowest BCUT2D eigenvalue weighted by molar-refractivity contribution is 0.0952. The van der Waals surface area contributed by atoms with E-state index in [1.807, 2.05) is 10.7 Å². The van der Waals surface area contributed by atoms with Gasteiger partial charge in [-0.3, -0.25) is 4.79 Å². The van der Waals surface area contributed by atoms with Crippen LogP contribution in [0.2, 0.25) is 0 Å². The third kappa shape index (κ3) is 4.61. The number of carbonyl (C=O) groups excluding carboxylic acids is 1. The van der Waals surface area contributed by atoms with Crippen LogP contribution in [0.25, 0.3) is 11.0 Å². The number of hydrogen-bond acceptors (Lipinski definition) is 4. The van der Waals surface area contributed by atoms with E-state index < -0.39 is 0 Å². The van der Waals surface area contributed by atoms with E-state index >= 15 is 0 Å². The third-order valence-electron chi connectivity index (χ3n) is 5.11. The molecule has 0 unspecified atom stereocenters. The summed E-state index contributed by atoms with van der Waals surface area (Å²) in [6, 6.07) is 2.13. The van der Waals surface area contributed by atoms with Gasteiger partial charge in [-0.15, -0.1) is 0 Å². The molecule has 2 aromatic rings. The molecule has 3 heterocycles. The zero-order valence-corrected chi connectivity index (χ0v) is 16.2. The van der Waals surface area contributed by atoms with Crippen molar-refractivity contribution in [2.45, 2.75) is 52.5 Å². The van der Waals surface area contributed by atoms with Gasteiger partial charge in [-0.05, 0) is 64.6 Å². The topological polar surface area (TPSA) is 63.1 Å². The number of nitrogens with one attached hydrogen (secondary N) is 1. The number of rotatable bonds is 7. The van der Waals surface area contributed by atoms with Crippen molar-refractivity contribution in [3.8, 4) is 0 Å². The first-order chi connectivity index (χ1) is 12.5. The van der Waals surface area contributed by atoms with Crippen molar-refractivity contribution >= 4 is 16.9 Å². The predicted molar refractivity (Wildman–Crippen MR) is 104 cm³/mol. The fraction of sp³-hybridized carbons (Fsp3) is 0.650. The molecular weight excluding hydrogens is 326 g/mol. The van der Waals surface area contributed by atoms with Gasteiger partial charge in [0.05, 0.1) is 11.8 Å². The summed E-state index contributed by atoms with van der Waals surface area (Å²) in [6.07, 6.45) is 8.25. The average Bonchev–Trinajstić information content (AvgIpc) is 3.04. The van der Waals surface area contributed by atoms with Crippen LogP contribution < -0.4 is 5.32 Å². The average molecular weight is 358 g/mol. The molecule has 1 fully saturated rings. The summed E-state index contributed by atoms with van der Waals surface area (Å²) in [5.74, 6) is 0.772. The first-order valence-corrected chi connectivity index (χ1v) is 9.88. The van der Waals surface area contributed by atoms with E-state index in [-0.39, 0.29) is 11.9 Å².